The molecule has 0 atom stereocenters. The van der Waals surface area contributed by atoms with Crippen LogP contribution < -0.4 is 0 Å². The molecular formula is C33H22ClN3. The minimum absolute atomic E-state index is 0.581. The number of aromatic nitrogens is 3. The molecule has 0 bridgehead atoms. The minimum atomic E-state index is 0.581. The van der Waals surface area contributed by atoms with Gasteiger partial charge in [-0.1, -0.05) is 133 Å². The largest absolute Gasteiger partial charge is 0.208 e. The molecule has 0 amide bonds. The van der Waals surface area contributed by atoms with Crippen LogP contribution in [0.4, 0.5) is 0 Å². The predicted octanol–water partition coefficient (Wildman–Crippen LogP) is 8.86. The quantitative estimate of drug-likeness (QED) is 0.240. The fourth-order valence-electron chi connectivity index (χ4n) is 4.47. The lowest BCUT2D eigenvalue weighted by atomic mass is 9.91. The summed E-state index contributed by atoms with van der Waals surface area (Å²) in [6.45, 7) is 0. The Balaban J connectivity index is 1.58. The average Bonchev–Trinajstić information content (AvgIpc) is 2.98. The molecule has 0 fully saturated rings. The lowest BCUT2D eigenvalue weighted by Crippen LogP contribution is -2.01. The predicted molar refractivity (Wildman–Crippen MR) is 152 cm³/mol. The minimum Gasteiger partial charge on any atom is -0.208 e. The standard InChI is InChI=1S/C33H22ClN3/c34-26-17-11-16-25(22-26)32-35-31(24-14-5-2-6-15-24)36-33(37-32)30-21-10-9-20-29(30)28-19-8-7-18-27(28)23-12-3-1-4-13-23/h1-22H. The van der Waals surface area contributed by atoms with Gasteiger partial charge in [-0.15, -0.1) is 0 Å². The van der Waals surface area contributed by atoms with Crippen molar-refractivity contribution in [2.45, 2.75) is 0 Å². The van der Waals surface area contributed by atoms with Gasteiger partial charge in [0.1, 0.15) is 0 Å². The Labute approximate surface area is 221 Å². The molecule has 4 heteroatoms. The van der Waals surface area contributed by atoms with E-state index in [1.807, 2.05) is 66.7 Å². The molecule has 3 nitrogen and oxygen atoms in total. The van der Waals surface area contributed by atoms with E-state index in [9.17, 15) is 0 Å². The molecule has 6 aromatic rings. The maximum Gasteiger partial charge on any atom is 0.164 e. The molecule has 37 heavy (non-hydrogen) atoms. The first-order valence-electron chi connectivity index (χ1n) is 12.1. The summed E-state index contributed by atoms with van der Waals surface area (Å²) in [5.41, 5.74) is 7.21. The van der Waals surface area contributed by atoms with Crippen molar-refractivity contribution in [3.05, 3.63) is 138 Å². The summed E-state index contributed by atoms with van der Waals surface area (Å²) in [6, 6.07) is 44.7. The van der Waals surface area contributed by atoms with Crippen LogP contribution in [0.15, 0.2) is 133 Å². The van der Waals surface area contributed by atoms with Crippen molar-refractivity contribution < 1.29 is 0 Å². The third-order valence-electron chi connectivity index (χ3n) is 6.22. The van der Waals surface area contributed by atoms with Crippen LogP contribution in [0.1, 0.15) is 0 Å². The number of hydrogen-bond donors (Lipinski definition) is 0. The Morgan fingerprint density at radius 2 is 0.811 bits per heavy atom. The van der Waals surface area contributed by atoms with E-state index in [0.717, 1.165) is 38.9 Å². The number of nitrogens with zero attached hydrogens (tertiary/aromatic N) is 3. The highest BCUT2D eigenvalue weighted by Gasteiger charge is 2.17. The molecule has 0 unspecified atom stereocenters. The summed E-state index contributed by atoms with van der Waals surface area (Å²) in [7, 11) is 0. The SMILES string of the molecule is Clc1cccc(-c2nc(-c3ccccc3)nc(-c3ccccc3-c3ccccc3-c3ccccc3)n2)c1. The van der Waals surface area contributed by atoms with E-state index in [4.69, 9.17) is 26.6 Å². The molecule has 0 aliphatic carbocycles. The fraction of sp³-hybridized carbons (Fsp3) is 0. The molecule has 0 radical (unpaired) electrons. The van der Waals surface area contributed by atoms with Crippen LogP contribution in [0, 0.1) is 0 Å². The first kappa shape index (κ1) is 22.8. The van der Waals surface area contributed by atoms with Gasteiger partial charge in [0.15, 0.2) is 17.5 Å². The van der Waals surface area contributed by atoms with Gasteiger partial charge in [0, 0.05) is 21.7 Å². The zero-order valence-electron chi connectivity index (χ0n) is 19.9. The molecule has 0 aliphatic rings. The lowest BCUT2D eigenvalue weighted by molar-refractivity contribution is 1.07. The van der Waals surface area contributed by atoms with Gasteiger partial charge in [-0.2, -0.15) is 0 Å². The number of hydrogen-bond acceptors (Lipinski definition) is 3. The second-order valence-corrected chi connectivity index (χ2v) is 9.08. The summed E-state index contributed by atoms with van der Waals surface area (Å²) in [4.78, 5) is 14.7. The first-order chi connectivity index (χ1) is 18.3. The van der Waals surface area contributed by atoms with Gasteiger partial charge in [-0.3, -0.25) is 0 Å². The summed E-state index contributed by atoms with van der Waals surface area (Å²) in [5.74, 6) is 1.81. The second-order valence-electron chi connectivity index (χ2n) is 8.64. The normalized spacial score (nSPS) is 10.8. The third-order valence-corrected chi connectivity index (χ3v) is 6.46. The van der Waals surface area contributed by atoms with Gasteiger partial charge < -0.3 is 0 Å². The van der Waals surface area contributed by atoms with E-state index in [1.165, 1.54) is 0 Å². The highest BCUT2D eigenvalue weighted by atomic mass is 35.5. The lowest BCUT2D eigenvalue weighted by Gasteiger charge is -2.15. The second kappa shape index (κ2) is 10.2. The van der Waals surface area contributed by atoms with Crippen molar-refractivity contribution >= 4 is 11.6 Å². The van der Waals surface area contributed by atoms with Gasteiger partial charge in [0.25, 0.3) is 0 Å². The molecule has 0 saturated heterocycles. The van der Waals surface area contributed by atoms with Gasteiger partial charge in [-0.25, -0.2) is 15.0 Å². The number of rotatable bonds is 5. The number of halogens is 1. The van der Waals surface area contributed by atoms with Crippen molar-refractivity contribution in [3.63, 3.8) is 0 Å². The molecule has 5 aromatic carbocycles. The van der Waals surface area contributed by atoms with Crippen molar-refractivity contribution in [1.82, 2.24) is 15.0 Å². The molecule has 176 valence electrons. The van der Waals surface area contributed by atoms with Crippen LogP contribution in [0.5, 0.6) is 0 Å². The van der Waals surface area contributed by atoms with Crippen LogP contribution in [-0.4, -0.2) is 15.0 Å². The van der Waals surface area contributed by atoms with E-state index in [-0.39, 0.29) is 0 Å². The Morgan fingerprint density at radius 3 is 1.46 bits per heavy atom. The van der Waals surface area contributed by atoms with Gasteiger partial charge >= 0.3 is 0 Å². The van der Waals surface area contributed by atoms with Crippen LogP contribution in [0.25, 0.3) is 56.4 Å². The highest BCUT2D eigenvalue weighted by Crippen LogP contribution is 2.37. The van der Waals surface area contributed by atoms with Crippen LogP contribution in [0.3, 0.4) is 0 Å². The molecule has 0 aliphatic heterocycles. The first-order valence-corrected chi connectivity index (χ1v) is 12.5. The molecule has 0 spiro atoms. The van der Waals surface area contributed by atoms with E-state index in [1.54, 1.807) is 0 Å². The monoisotopic (exact) mass is 495 g/mol. The summed E-state index contributed by atoms with van der Waals surface area (Å²) < 4.78 is 0. The zero-order valence-corrected chi connectivity index (χ0v) is 20.7. The zero-order chi connectivity index (χ0) is 25.0. The highest BCUT2D eigenvalue weighted by molar-refractivity contribution is 6.30. The third kappa shape index (κ3) is 4.77. The van der Waals surface area contributed by atoms with Crippen molar-refractivity contribution in [2.24, 2.45) is 0 Å². The Bertz CT molecular complexity index is 1680. The van der Waals surface area contributed by atoms with E-state index in [0.29, 0.717) is 22.5 Å². The van der Waals surface area contributed by atoms with Gasteiger partial charge in [-0.05, 0) is 34.4 Å². The van der Waals surface area contributed by atoms with Gasteiger partial charge in [0.05, 0.1) is 0 Å². The molecule has 1 aromatic heterocycles. The van der Waals surface area contributed by atoms with Crippen LogP contribution >= 0.6 is 11.6 Å². The molecule has 6 rings (SSSR count). The molecule has 0 N–H and O–H groups in total. The van der Waals surface area contributed by atoms with Crippen molar-refractivity contribution in [3.8, 4) is 56.4 Å². The van der Waals surface area contributed by atoms with Gasteiger partial charge in [0.2, 0.25) is 0 Å². The summed E-state index contributed by atoms with van der Waals surface area (Å²) in [6.07, 6.45) is 0. The summed E-state index contributed by atoms with van der Waals surface area (Å²) in [5, 5.41) is 0.637. The Kier molecular flexibility index (Phi) is 6.28. The van der Waals surface area contributed by atoms with E-state index >= 15 is 0 Å². The topological polar surface area (TPSA) is 38.7 Å². The molecule has 1 heterocycles. The van der Waals surface area contributed by atoms with Crippen LogP contribution in [0.2, 0.25) is 5.02 Å². The van der Waals surface area contributed by atoms with Crippen molar-refractivity contribution in [2.75, 3.05) is 0 Å². The molecular weight excluding hydrogens is 474 g/mol. The Morgan fingerprint density at radius 1 is 0.351 bits per heavy atom. The maximum atomic E-state index is 6.32. The van der Waals surface area contributed by atoms with E-state index < -0.39 is 0 Å². The molecule has 0 saturated carbocycles. The average molecular weight is 496 g/mol. The summed E-state index contributed by atoms with van der Waals surface area (Å²) >= 11 is 6.32. The van der Waals surface area contributed by atoms with Crippen LogP contribution in [-0.2, 0) is 0 Å². The maximum absolute atomic E-state index is 6.32. The van der Waals surface area contributed by atoms with Crippen molar-refractivity contribution in [1.29, 1.82) is 0 Å². The number of benzene rings is 5. The Hall–Kier alpha value is -4.60. The fourth-order valence-corrected chi connectivity index (χ4v) is 4.66. The van der Waals surface area contributed by atoms with E-state index in [2.05, 4.69) is 66.7 Å². The smallest absolute Gasteiger partial charge is 0.164 e.